The summed E-state index contributed by atoms with van der Waals surface area (Å²) in [5, 5.41) is 7.09. The van der Waals surface area contributed by atoms with Gasteiger partial charge in [0.05, 0.1) is 16.8 Å². The van der Waals surface area contributed by atoms with Gasteiger partial charge >= 0.3 is 0 Å². The Bertz CT molecular complexity index is 3360. The van der Waals surface area contributed by atoms with E-state index in [4.69, 9.17) is 4.42 Å². The molecule has 2 nitrogen and oxygen atoms in total. The molecule has 1 heterocycles. The highest BCUT2D eigenvalue weighted by Gasteiger charge is 2.46. The Morgan fingerprint density at radius 3 is 1.71 bits per heavy atom. The number of hydrogen-bond donors (Lipinski definition) is 0. The maximum absolute atomic E-state index is 6.46. The molecule has 11 aromatic rings. The number of para-hydroxylation sites is 2. The van der Waals surface area contributed by atoms with Crippen LogP contribution in [0.4, 0.5) is 17.1 Å². The van der Waals surface area contributed by atoms with Gasteiger partial charge in [0, 0.05) is 27.4 Å². The normalized spacial score (nSPS) is 12.9. The predicted octanol–water partition coefficient (Wildman–Crippen LogP) is 15.4. The summed E-state index contributed by atoms with van der Waals surface area (Å²) in [7, 11) is 0. The average molecular weight is 752 g/mol. The summed E-state index contributed by atoms with van der Waals surface area (Å²) < 4.78 is 6.46. The van der Waals surface area contributed by atoms with Gasteiger partial charge in [-0.2, -0.15) is 0 Å². The van der Waals surface area contributed by atoms with E-state index >= 15 is 0 Å². The van der Waals surface area contributed by atoms with Crippen LogP contribution < -0.4 is 4.90 Å². The Labute approximate surface area is 342 Å². The van der Waals surface area contributed by atoms with Gasteiger partial charge in [0.1, 0.15) is 11.2 Å². The Balaban J connectivity index is 1.20. The fourth-order valence-corrected chi connectivity index (χ4v) is 10.1. The van der Waals surface area contributed by atoms with Crippen LogP contribution in [0.1, 0.15) is 22.3 Å². The Morgan fingerprint density at radius 2 is 0.915 bits per heavy atom. The molecule has 0 saturated heterocycles. The van der Waals surface area contributed by atoms with Gasteiger partial charge < -0.3 is 9.32 Å². The van der Waals surface area contributed by atoms with Crippen LogP contribution in [0.5, 0.6) is 0 Å². The topological polar surface area (TPSA) is 16.4 Å². The van der Waals surface area contributed by atoms with Crippen LogP contribution in [0.25, 0.3) is 65.7 Å². The lowest BCUT2D eigenvalue weighted by Gasteiger charge is -2.35. The van der Waals surface area contributed by atoms with Crippen molar-refractivity contribution in [2.45, 2.75) is 5.41 Å². The quantitative estimate of drug-likeness (QED) is 0.157. The summed E-state index contributed by atoms with van der Waals surface area (Å²) in [6.45, 7) is 0. The van der Waals surface area contributed by atoms with E-state index in [-0.39, 0.29) is 0 Å². The first-order chi connectivity index (χ1) is 29.3. The van der Waals surface area contributed by atoms with E-state index in [0.717, 1.165) is 50.1 Å². The van der Waals surface area contributed by atoms with E-state index in [1.807, 2.05) is 6.07 Å². The summed E-state index contributed by atoms with van der Waals surface area (Å²) in [6, 6.07) is 82.0. The molecule has 0 N–H and O–H groups in total. The summed E-state index contributed by atoms with van der Waals surface area (Å²) >= 11 is 0. The highest BCUT2D eigenvalue weighted by atomic mass is 16.3. The summed E-state index contributed by atoms with van der Waals surface area (Å²) in [6.07, 6.45) is 0. The molecule has 0 unspecified atom stereocenters. The molecule has 1 aromatic heterocycles. The van der Waals surface area contributed by atoms with Crippen molar-refractivity contribution in [1.29, 1.82) is 0 Å². The van der Waals surface area contributed by atoms with E-state index in [1.165, 1.54) is 54.9 Å². The fourth-order valence-electron chi connectivity index (χ4n) is 10.1. The van der Waals surface area contributed by atoms with Crippen LogP contribution in [0, 0.1) is 0 Å². The van der Waals surface area contributed by atoms with Crippen molar-refractivity contribution in [2.24, 2.45) is 0 Å². The summed E-state index contributed by atoms with van der Waals surface area (Å²) in [5.41, 5.74) is 14.4. The third kappa shape index (κ3) is 4.93. The van der Waals surface area contributed by atoms with Gasteiger partial charge in [-0.05, 0) is 91.5 Å². The third-order valence-corrected chi connectivity index (χ3v) is 12.5. The van der Waals surface area contributed by atoms with Crippen molar-refractivity contribution >= 4 is 60.5 Å². The van der Waals surface area contributed by atoms with E-state index in [9.17, 15) is 0 Å². The van der Waals surface area contributed by atoms with Crippen molar-refractivity contribution < 1.29 is 4.42 Å². The number of nitrogens with zero attached hydrogens (tertiary/aromatic N) is 1. The zero-order valence-corrected chi connectivity index (χ0v) is 32.2. The number of furan rings is 1. The van der Waals surface area contributed by atoms with E-state index in [1.54, 1.807) is 0 Å². The minimum absolute atomic E-state index is 0.539. The van der Waals surface area contributed by atoms with Gasteiger partial charge in [0.15, 0.2) is 0 Å². The van der Waals surface area contributed by atoms with E-state index in [2.05, 4.69) is 223 Å². The van der Waals surface area contributed by atoms with Crippen LogP contribution in [0.15, 0.2) is 229 Å². The second-order valence-electron chi connectivity index (χ2n) is 15.5. The lowest BCUT2D eigenvalue weighted by atomic mass is 9.67. The van der Waals surface area contributed by atoms with Crippen molar-refractivity contribution in [3.8, 4) is 22.3 Å². The third-order valence-electron chi connectivity index (χ3n) is 12.5. The molecule has 1 aliphatic carbocycles. The molecular formula is C57H37NO. The Kier molecular flexibility index (Phi) is 7.48. The van der Waals surface area contributed by atoms with Crippen LogP contribution >= 0.6 is 0 Å². The fraction of sp³-hybridized carbons (Fsp3) is 0.0175. The number of hydrogen-bond acceptors (Lipinski definition) is 2. The molecule has 1 aliphatic rings. The van der Waals surface area contributed by atoms with Crippen molar-refractivity contribution in [2.75, 3.05) is 4.90 Å². The second kappa shape index (κ2) is 13.2. The minimum Gasteiger partial charge on any atom is -0.456 e. The highest BCUT2D eigenvalue weighted by molar-refractivity contribution is 6.17. The van der Waals surface area contributed by atoms with Crippen molar-refractivity contribution in [1.82, 2.24) is 0 Å². The minimum atomic E-state index is -0.539. The monoisotopic (exact) mass is 751 g/mol. The molecule has 10 aromatic carbocycles. The van der Waals surface area contributed by atoms with Gasteiger partial charge in [-0.3, -0.25) is 0 Å². The zero-order valence-electron chi connectivity index (χ0n) is 32.2. The molecule has 0 aliphatic heterocycles. The molecule has 0 spiro atoms. The first kappa shape index (κ1) is 33.5. The molecule has 59 heavy (non-hydrogen) atoms. The zero-order chi connectivity index (χ0) is 38.9. The molecule has 0 atom stereocenters. The number of rotatable bonds is 6. The van der Waals surface area contributed by atoms with E-state index < -0.39 is 5.41 Å². The molecule has 0 saturated carbocycles. The van der Waals surface area contributed by atoms with Gasteiger partial charge in [0.25, 0.3) is 0 Å². The van der Waals surface area contributed by atoms with Gasteiger partial charge in [-0.25, -0.2) is 0 Å². The standard InChI is InChI=1S/C57H37NO/c1-3-19-39(20-4-1)57(40-21-5-2-6-22-40)50-30-14-11-25-44(50)45-35-34-41(37-51(45)57)58(53-36-38-18-7-8-23-42(38)43-24-9-10-26-46(43)53)52-31-15-12-27-47(52)48-29-17-33-55-56(48)49-28-13-16-32-54(49)59-55/h1-37H. The lowest BCUT2D eigenvalue weighted by Crippen LogP contribution is -2.28. The molecule has 0 radical (unpaired) electrons. The largest absolute Gasteiger partial charge is 0.456 e. The van der Waals surface area contributed by atoms with Crippen LogP contribution in [0.2, 0.25) is 0 Å². The second-order valence-corrected chi connectivity index (χ2v) is 15.5. The molecule has 0 fully saturated rings. The SMILES string of the molecule is c1ccc(C2(c3ccccc3)c3ccccc3-c3ccc(N(c4ccccc4-c4cccc5oc6ccccc6c45)c4cc5ccccc5c5ccccc45)cc32)cc1. The molecule has 12 rings (SSSR count). The molecule has 0 bridgehead atoms. The first-order valence-corrected chi connectivity index (χ1v) is 20.3. The predicted molar refractivity (Wildman–Crippen MR) is 246 cm³/mol. The average Bonchev–Trinajstić information content (AvgIpc) is 3.84. The maximum Gasteiger partial charge on any atom is 0.136 e. The van der Waals surface area contributed by atoms with Crippen LogP contribution in [-0.2, 0) is 5.41 Å². The van der Waals surface area contributed by atoms with Gasteiger partial charge in [0.2, 0.25) is 0 Å². The van der Waals surface area contributed by atoms with E-state index in [0.29, 0.717) is 0 Å². The van der Waals surface area contributed by atoms with Gasteiger partial charge in [-0.1, -0.05) is 188 Å². The lowest BCUT2D eigenvalue weighted by molar-refractivity contribution is 0.669. The summed E-state index contributed by atoms with van der Waals surface area (Å²) in [5.74, 6) is 0. The first-order valence-electron chi connectivity index (χ1n) is 20.3. The molecule has 276 valence electrons. The van der Waals surface area contributed by atoms with Crippen LogP contribution in [0.3, 0.4) is 0 Å². The maximum atomic E-state index is 6.46. The number of anilines is 3. The molecule has 2 heteroatoms. The molecule has 0 amide bonds. The number of benzene rings is 10. The van der Waals surface area contributed by atoms with Crippen molar-refractivity contribution in [3.05, 3.63) is 247 Å². The van der Waals surface area contributed by atoms with Crippen LogP contribution in [-0.4, -0.2) is 0 Å². The summed E-state index contributed by atoms with van der Waals surface area (Å²) in [4.78, 5) is 2.51. The molecular weight excluding hydrogens is 715 g/mol. The van der Waals surface area contributed by atoms with Gasteiger partial charge in [-0.15, -0.1) is 0 Å². The highest BCUT2D eigenvalue weighted by Crippen LogP contribution is 2.58. The smallest absolute Gasteiger partial charge is 0.136 e. The van der Waals surface area contributed by atoms with Crippen molar-refractivity contribution in [3.63, 3.8) is 0 Å². The Morgan fingerprint density at radius 1 is 0.339 bits per heavy atom. The Hall–Kier alpha value is -7.68. The number of fused-ring (bicyclic) bond motifs is 9.